The largest absolute Gasteiger partial charge is 0.495 e. The molecule has 0 radical (unpaired) electrons. The van der Waals surface area contributed by atoms with Crippen molar-refractivity contribution < 1.29 is 22.3 Å². The summed E-state index contributed by atoms with van der Waals surface area (Å²) in [5, 5.41) is 4.49. The van der Waals surface area contributed by atoms with Crippen molar-refractivity contribution in [2.75, 3.05) is 11.8 Å². The van der Waals surface area contributed by atoms with Gasteiger partial charge in [-0.15, -0.1) is 0 Å². The highest BCUT2D eigenvalue weighted by Crippen LogP contribution is 2.28. The van der Waals surface area contributed by atoms with E-state index in [2.05, 4.69) is 19.8 Å². The molecule has 0 aliphatic heterocycles. The number of nitrogens with zero attached hydrogens (tertiary/aromatic N) is 4. The molecule has 4 aromatic rings. The number of aryl methyl sites for hydroxylation is 1. The molecule has 0 saturated heterocycles. The van der Waals surface area contributed by atoms with E-state index in [9.17, 15) is 12.8 Å². The highest BCUT2D eigenvalue weighted by Gasteiger charge is 2.21. The Morgan fingerprint density at radius 3 is 2.38 bits per heavy atom. The first-order valence-electron chi connectivity index (χ1n) is 10.2. The molecule has 2 heterocycles. The summed E-state index contributed by atoms with van der Waals surface area (Å²) in [6.07, 6.45) is 1.38. The van der Waals surface area contributed by atoms with Gasteiger partial charge in [-0.05, 0) is 68.8 Å². The molecule has 1 N–H and O–H groups in total. The Balaban J connectivity index is 1.52. The van der Waals surface area contributed by atoms with E-state index >= 15 is 0 Å². The minimum Gasteiger partial charge on any atom is -0.495 e. The van der Waals surface area contributed by atoms with Crippen LogP contribution in [0.25, 0.3) is 5.82 Å². The molecule has 4 rings (SSSR count). The van der Waals surface area contributed by atoms with Gasteiger partial charge in [0, 0.05) is 17.4 Å². The van der Waals surface area contributed by atoms with Crippen LogP contribution in [0.1, 0.15) is 17.0 Å². The molecule has 11 heteroatoms. The Morgan fingerprint density at radius 1 is 1.00 bits per heavy atom. The lowest BCUT2D eigenvalue weighted by Crippen LogP contribution is -2.14. The van der Waals surface area contributed by atoms with Crippen LogP contribution in [0.4, 0.5) is 10.1 Å². The minimum absolute atomic E-state index is 0.0335. The van der Waals surface area contributed by atoms with Gasteiger partial charge in [-0.3, -0.25) is 4.72 Å². The maximum absolute atomic E-state index is 13.6. The molecule has 9 nitrogen and oxygen atoms in total. The van der Waals surface area contributed by atoms with Gasteiger partial charge in [-0.1, -0.05) is 0 Å². The van der Waals surface area contributed by atoms with Gasteiger partial charge in [-0.25, -0.2) is 27.5 Å². The van der Waals surface area contributed by atoms with E-state index in [1.807, 2.05) is 20.8 Å². The molecule has 34 heavy (non-hydrogen) atoms. The molecule has 0 unspecified atom stereocenters. The molecule has 2 aromatic carbocycles. The van der Waals surface area contributed by atoms with Gasteiger partial charge in [0.25, 0.3) is 10.0 Å². The van der Waals surface area contributed by atoms with E-state index in [0.29, 0.717) is 17.4 Å². The molecule has 0 amide bonds. The number of benzene rings is 2. The number of ether oxygens (including phenoxy) is 2. The normalized spacial score (nSPS) is 11.3. The number of rotatable bonds is 7. The van der Waals surface area contributed by atoms with Crippen LogP contribution in [0.2, 0.25) is 0 Å². The summed E-state index contributed by atoms with van der Waals surface area (Å²) in [5.41, 5.74) is 3.22. The van der Waals surface area contributed by atoms with Crippen LogP contribution in [0.5, 0.6) is 17.4 Å². The van der Waals surface area contributed by atoms with Gasteiger partial charge in [0.1, 0.15) is 28.5 Å². The van der Waals surface area contributed by atoms with Crippen LogP contribution in [-0.4, -0.2) is 35.3 Å². The molecule has 0 bridgehead atoms. The lowest BCUT2D eigenvalue weighted by Gasteiger charge is -2.12. The van der Waals surface area contributed by atoms with Crippen LogP contribution in [0.3, 0.4) is 0 Å². The van der Waals surface area contributed by atoms with Crippen molar-refractivity contribution in [3.05, 3.63) is 77.6 Å². The fraction of sp³-hybridized carbons (Fsp3) is 0.174. The van der Waals surface area contributed by atoms with Gasteiger partial charge in [0.05, 0.1) is 12.8 Å². The Hall–Kier alpha value is -3.99. The number of halogens is 1. The number of hydrogen-bond acceptors (Lipinski definition) is 7. The quantitative estimate of drug-likeness (QED) is 0.417. The SMILES string of the molecule is COc1ccc(F)cc1S(=O)(=O)Nc1ccc(Oc2cc(-n3nc(C)c(C)c3C)ncn2)cc1. The highest BCUT2D eigenvalue weighted by molar-refractivity contribution is 7.92. The summed E-state index contributed by atoms with van der Waals surface area (Å²) in [4.78, 5) is 8.10. The molecule has 0 spiro atoms. The van der Waals surface area contributed by atoms with Crippen molar-refractivity contribution >= 4 is 15.7 Å². The monoisotopic (exact) mass is 483 g/mol. The topological polar surface area (TPSA) is 108 Å². The van der Waals surface area contributed by atoms with Crippen molar-refractivity contribution in [1.82, 2.24) is 19.7 Å². The van der Waals surface area contributed by atoms with Crippen molar-refractivity contribution in [1.29, 1.82) is 0 Å². The molecular formula is C23H22FN5O4S. The minimum atomic E-state index is -4.08. The van der Waals surface area contributed by atoms with Crippen molar-refractivity contribution in [2.24, 2.45) is 0 Å². The zero-order valence-corrected chi connectivity index (χ0v) is 19.7. The van der Waals surface area contributed by atoms with Gasteiger partial charge < -0.3 is 9.47 Å². The first-order valence-corrected chi connectivity index (χ1v) is 11.7. The van der Waals surface area contributed by atoms with Crippen molar-refractivity contribution in [3.8, 4) is 23.2 Å². The van der Waals surface area contributed by atoms with Gasteiger partial charge in [0.2, 0.25) is 5.88 Å². The third-order valence-electron chi connectivity index (χ3n) is 5.24. The van der Waals surface area contributed by atoms with Crippen molar-refractivity contribution in [3.63, 3.8) is 0 Å². The highest BCUT2D eigenvalue weighted by atomic mass is 32.2. The van der Waals surface area contributed by atoms with E-state index in [1.165, 1.54) is 31.6 Å². The summed E-state index contributed by atoms with van der Waals surface area (Å²) in [5.74, 6) is 0.636. The predicted octanol–water partition coefficient (Wildman–Crippen LogP) is 4.33. The number of nitrogens with one attached hydrogen (secondary N) is 1. The fourth-order valence-electron chi connectivity index (χ4n) is 3.23. The molecule has 2 aromatic heterocycles. The van der Waals surface area contributed by atoms with Crippen LogP contribution in [0, 0.1) is 26.6 Å². The van der Waals surface area contributed by atoms with Gasteiger partial charge in [0.15, 0.2) is 5.82 Å². The van der Waals surface area contributed by atoms with Crippen molar-refractivity contribution in [2.45, 2.75) is 25.7 Å². The summed E-state index contributed by atoms with van der Waals surface area (Å²) in [7, 11) is -2.77. The average Bonchev–Trinajstić information content (AvgIpc) is 3.07. The third-order valence-corrected chi connectivity index (χ3v) is 6.64. The maximum Gasteiger partial charge on any atom is 0.265 e. The number of methoxy groups -OCH3 is 1. The van der Waals surface area contributed by atoms with E-state index < -0.39 is 15.8 Å². The molecule has 0 saturated carbocycles. The zero-order chi connectivity index (χ0) is 24.5. The molecular weight excluding hydrogens is 461 g/mol. The first-order chi connectivity index (χ1) is 16.2. The number of aromatic nitrogens is 4. The van der Waals surface area contributed by atoms with E-state index in [-0.39, 0.29) is 16.3 Å². The number of hydrogen-bond donors (Lipinski definition) is 1. The Bertz CT molecular complexity index is 1450. The van der Waals surface area contributed by atoms with E-state index in [1.54, 1.807) is 22.9 Å². The smallest absolute Gasteiger partial charge is 0.265 e. The molecule has 0 fully saturated rings. The second-order valence-electron chi connectivity index (χ2n) is 7.45. The van der Waals surface area contributed by atoms with Crippen LogP contribution < -0.4 is 14.2 Å². The Labute approximate surface area is 196 Å². The summed E-state index contributed by atoms with van der Waals surface area (Å²) < 4.78 is 54.0. The van der Waals surface area contributed by atoms with Crippen LogP contribution in [0.15, 0.2) is 59.8 Å². The number of anilines is 1. The van der Waals surface area contributed by atoms with E-state index in [0.717, 1.165) is 29.1 Å². The third kappa shape index (κ3) is 4.69. The second-order valence-corrected chi connectivity index (χ2v) is 9.10. The Kier molecular flexibility index (Phi) is 6.20. The maximum atomic E-state index is 13.6. The standard InChI is InChI=1S/C23H22FN5O4S/c1-14-15(2)27-29(16(14)3)22-12-23(26-13-25-22)33-19-8-6-18(7-9-19)28-34(30,31)21-11-17(24)5-10-20(21)32-4/h5-13,28H,1-4H3. The second kappa shape index (κ2) is 9.10. The summed E-state index contributed by atoms with van der Waals surface area (Å²) in [6.45, 7) is 5.88. The molecule has 0 atom stereocenters. The summed E-state index contributed by atoms with van der Waals surface area (Å²) >= 11 is 0. The fourth-order valence-corrected chi connectivity index (χ4v) is 4.47. The molecule has 0 aliphatic carbocycles. The Morgan fingerprint density at radius 2 is 1.74 bits per heavy atom. The van der Waals surface area contributed by atoms with Gasteiger partial charge >= 0.3 is 0 Å². The first kappa shape index (κ1) is 23.2. The zero-order valence-electron chi connectivity index (χ0n) is 18.9. The average molecular weight is 484 g/mol. The molecule has 0 aliphatic rings. The van der Waals surface area contributed by atoms with E-state index in [4.69, 9.17) is 9.47 Å². The molecule has 176 valence electrons. The van der Waals surface area contributed by atoms with Crippen LogP contribution in [-0.2, 0) is 10.0 Å². The number of sulfonamides is 1. The van der Waals surface area contributed by atoms with Gasteiger partial charge in [-0.2, -0.15) is 5.10 Å². The lowest BCUT2D eigenvalue weighted by atomic mass is 10.2. The lowest BCUT2D eigenvalue weighted by molar-refractivity contribution is 0.401. The predicted molar refractivity (Wildman–Crippen MR) is 124 cm³/mol. The van der Waals surface area contributed by atoms with Crippen LogP contribution >= 0.6 is 0 Å². The summed E-state index contributed by atoms with van der Waals surface area (Å²) in [6, 6.07) is 11.1.